The average Bonchev–Trinajstić information content (AvgIpc) is 3.46. The van der Waals surface area contributed by atoms with Crippen LogP contribution in [0.3, 0.4) is 0 Å². The van der Waals surface area contributed by atoms with E-state index in [4.69, 9.17) is 9.15 Å². The van der Waals surface area contributed by atoms with Gasteiger partial charge in [0.1, 0.15) is 23.9 Å². The molecule has 0 amide bonds. The maximum atomic E-state index is 10.3. The summed E-state index contributed by atoms with van der Waals surface area (Å²) in [6, 6.07) is 15.3. The van der Waals surface area contributed by atoms with Crippen LogP contribution in [0.4, 0.5) is 0 Å². The van der Waals surface area contributed by atoms with E-state index in [1.165, 1.54) is 25.9 Å². The molecule has 3 aromatic rings. The summed E-state index contributed by atoms with van der Waals surface area (Å²) in [5.41, 5.74) is 1.75. The third kappa shape index (κ3) is 4.99. The molecule has 1 N–H and O–H groups in total. The molecular weight excluding hydrogens is 396 g/mol. The molecule has 158 valence electrons. The second-order valence-corrected chi connectivity index (χ2v) is 8.77. The first kappa shape index (κ1) is 20.8. The van der Waals surface area contributed by atoms with Crippen LogP contribution in [0, 0.1) is 0 Å². The molecule has 1 aliphatic rings. The lowest BCUT2D eigenvalue weighted by molar-refractivity contribution is 0.238. The van der Waals surface area contributed by atoms with Crippen molar-refractivity contribution in [3.63, 3.8) is 0 Å². The fourth-order valence-corrected chi connectivity index (χ4v) is 4.72. The number of benzene rings is 2. The summed E-state index contributed by atoms with van der Waals surface area (Å²) in [6.07, 6.45) is 4.36. The standard InChI is InChI=1S/C24H28N2O3S/c1-2-30-23(20-7-3-4-8-21(20)27)22-17-25-24(29-22)18-9-11-19(12-10-18)28-16-15-26-13-5-6-14-26/h3-4,7-12,17,23,27H,2,5-6,13-16H2,1H3. The van der Waals surface area contributed by atoms with Crippen molar-refractivity contribution in [3.05, 3.63) is 66.1 Å². The topological polar surface area (TPSA) is 58.7 Å². The number of rotatable bonds is 9. The molecular formula is C24H28N2O3S. The monoisotopic (exact) mass is 424 g/mol. The molecule has 2 aromatic carbocycles. The highest BCUT2D eigenvalue weighted by Gasteiger charge is 2.22. The SMILES string of the molecule is CCSC(c1cnc(-c2ccc(OCCN3CCCC3)cc2)o1)c1ccccc1O. The van der Waals surface area contributed by atoms with Gasteiger partial charge in [0.15, 0.2) is 0 Å². The molecule has 5 nitrogen and oxygen atoms in total. The van der Waals surface area contributed by atoms with E-state index in [1.54, 1.807) is 24.0 Å². The lowest BCUT2D eigenvalue weighted by atomic mass is 10.1. The first-order valence-corrected chi connectivity index (χ1v) is 11.6. The summed E-state index contributed by atoms with van der Waals surface area (Å²) in [4.78, 5) is 6.92. The van der Waals surface area contributed by atoms with Crippen LogP contribution in [0.15, 0.2) is 59.1 Å². The minimum Gasteiger partial charge on any atom is -0.508 e. The third-order valence-electron chi connectivity index (χ3n) is 5.31. The maximum Gasteiger partial charge on any atom is 0.226 e. The molecule has 2 heterocycles. The van der Waals surface area contributed by atoms with E-state index in [1.807, 2.05) is 42.5 Å². The lowest BCUT2D eigenvalue weighted by Crippen LogP contribution is -2.25. The average molecular weight is 425 g/mol. The Morgan fingerprint density at radius 1 is 1.13 bits per heavy atom. The fourth-order valence-electron chi connectivity index (χ4n) is 3.73. The second kappa shape index (κ2) is 10.0. The van der Waals surface area contributed by atoms with Gasteiger partial charge in [-0.2, -0.15) is 0 Å². The number of oxazole rings is 1. The van der Waals surface area contributed by atoms with Gasteiger partial charge < -0.3 is 14.3 Å². The van der Waals surface area contributed by atoms with Crippen molar-refractivity contribution in [2.45, 2.75) is 25.0 Å². The smallest absolute Gasteiger partial charge is 0.226 e. The molecule has 1 aliphatic heterocycles. The summed E-state index contributed by atoms with van der Waals surface area (Å²) in [6.45, 7) is 6.16. The number of aromatic nitrogens is 1. The van der Waals surface area contributed by atoms with Gasteiger partial charge in [0.25, 0.3) is 0 Å². The Morgan fingerprint density at radius 3 is 2.63 bits per heavy atom. The van der Waals surface area contributed by atoms with E-state index in [0.29, 0.717) is 12.5 Å². The Kier molecular flexibility index (Phi) is 6.97. The summed E-state index contributed by atoms with van der Waals surface area (Å²) >= 11 is 1.71. The van der Waals surface area contributed by atoms with E-state index in [0.717, 1.165) is 34.9 Å². The molecule has 0 radical (unpaired) electrons. The Morgan fingerprint density at radius 2 is 1.90 bits per heavy atom. The molecule has 1 aromatic heterocycles. The lowest BCUT2D eigenvalue weighted by Gasteiger charge is -2.15. The third-order valence-corrected chi connectivity index (χ3v) is 6.46. The van der Waals surface area contributed by atoms with E-state index in [-0.39, 0.29) is 11.0 Å². The van der Waals surface area contributed by atoms with E-state index in [2.05, 4.69) is 16.8 Å². The van der Waals surface area contributed by atoms with Gasteiger partial charge in [-0.1, -0.05) is 25.1 Å². The number of hydrogen-bond acceptors (Lipinski definition) is 6. The Balaban J connectivity index is 1.43. The quantitative estimate of drug-likeness (QED) is 0.499. The molecule has 1 unspecified atom stereocenters. The zero-order valence-electron chi connectivity index (χ0n) is 17.3. The first-order valence-electron chi connectivity index (χ1n) is 10.6. The van der Waals surface area contributed by atoms with Crippen molar-refractivity contribution in [1.82, 2.24) is 9.88 Å². The van der Waals surface area contributed by atoms with E-state index >= 15 is 0 Å². The summed E-state index contributed by atoms with van der Waals surface area (Å²) in [5.74, 6) is 3.35. The van der Waals surface area contributed by atoms with Crippen molar-refractivity contribution < 1.29 is 14.3 Å². The van der Waals surface area contributed by atoms with Crippen LogP contribution in [0.5, 0.6) is 11.5 Å². The number of nitrogens with zero attached hydrogens (tertiary/aromatic N) is 2. The second-order valence-electron chi connectivity index (χ2n) is 7.38. The highest BCUT2D eigenvalue weighted by Crippen LogP contribution is 2.40. The largest absolute Gasteiger partial charge is 0.508 e. The maximum absolute atomic E-state index is 10.3. The zero-order valence-corrected chi connectivity index (χ0v) is 18.1. The highest BCUT2D eigenvalue weighted by atomic mass is 32.2. The van der Waals surface area contributed by atoms with Crippen LogP contribution in [0.1, 0.15) is 36.3 Å². The van der Waals surface area contributed by atoms with Crippen molar-refractivity contribution in [1.29, 1.82) is 0 Å². The summed E-state index contributed by atoms with van der Waals surface area (Å²) < 4.78 is 12.0. The van der Waals surface area contributed by atoms with Gasteiger partial charge in [0.05, 0.1) is 11.4 Å². The predicted octanol–water partition coefficient (Wildman–Crippen LogP) is 5.36. The number of thioether (sulfide) groups is 1. The molecule has 0 spiro atoms. The summed E-state index contributed by atoms with van der Waals surface area (Å²) in [5, 5.41) is 10.2. The van der Waals surface area contributed by atoms with Crippen LogP contribution >= 0.6 is 11.8 Å². The van der Waals surface area contributed by atoms with Gasteiger partial charge in [-0.05, 0) is 62.0 Å². The predicted molar refractivity (Wildman–Crippen MR) is 121 cm³/mol. The van der Waals surface area contributed by atoms with E-state index < -0.39 is 0 Å². The number of phenolic OH excluding ortho intramolecular Hbond substituents is 1. The van der Waals surface area contributed by atoms with Gasteiger partial charge in [0.2, 0.25) is 5.89 Å². The fraction of sp³-hybridized carbons (Fsp3) is 0.375. The molecule has 0 bridgehead atoms. The number of aromatic hydroxyl groups is 1. The van der Waals surface area contributed by atoms with Crippen LogP contribution in [-0.2, 0) is 0 Å². The number of hydrogen-bond donors (Lipinski definition) is 1. The van der Waals surface area contributed by atoms with Gasteiger partial charge in [0, 0.05) is 17.7 Å². The molecule has 6 heteroatoms. The van der Waals surface area contributed by atoms with Gasteiger partial charge in [-0.15, -0.1) is 11.8 Å². The van der Waals surface area contributed by atoms with Gasteiger partial charge >= 0.3 is 0 Å². The minimum absolute atomic E-state index is 0.0920. The Hall–Kier alpha value is -2.44. The van der Waals surface area contributed by atoms with Gasteiger partial charge in [-0.25, -0.2) is 4.98 Å². The van der Waals surface area contributed by atoms with E-state index in [9.17, 15) is 5.11 Å². The number of ether oxygens (including phenoxy) is 1. The molecule has 4 rings (SSSR count). The molecule has 1 atom stereocenters. The van der Waals surface area contributed by atoms with Crippen molar-refractivity contribution in [2.24, 2.45) is 0 Å². The van der Waals surface area contributed by atoms with Crippen molar-refractivity contribution in [3.8, 4) is 23.0 Å². The molecule has 1 saturated heterocycles. The van der Waals surface area contributed by atoms with Gasteiger partial charge in [-0.3, -0.25) is 4.90 Å². The number of para-hydroxylation sites is 1. The highest BCUT2D eigenvalue weighted by molar-refractivity contribution is 7.99. The molecule has 1 fully saturated rings. The molecule has 0 aliphatic carbocycles. The van der Waals surface area contributed by atoms with Crippen molar-refractivity contribution in [2.75, 3.05) is 32.0 Å². The number of phenols is 1. The molecule has 0 saturated carbocycles. The first-order chi connectivity index (χ1) is 14.7. The minimum atomic E-state index is -0.0920. The van der Waals surface area contributed by atoms with Crippen LogP contribution < -0.4 is 4.74 Å². The zero-order chi connectivity index (χ0) is 20.8. The molecule has 30 heavy (non-hydrogen) atoms. The van der Waals surface area contributed by atoms with Crippen molar-refractivity contribution >= 4 is 11.8 Å². The van der Waals surface area contributed by atoms with Crippen LogP contribution in [0.2, 0.25) is 0 Å². The van der Waals surface area contributed by atoms with Crippen LogP contribution in [-0.4, -0.2) is 47.0 Å². The van der Waals surface area contributed by atoms with Crippen LogP contribution in [0.25, 0.3) is 11.5 Å². The normalized spacial score (nSPS) is 15.4. The Labute approximate surface area is 182 Å². The summed E-state index contributed by atoms with van der Waals surface area (Å²) in [7, 11) is 0. The number of likely N-dealkylation sites (tertiary alicyclic amines) is 1. The Bertz CT molecular complexity index is 936.